The first-order valence-electron chi connectivity index (χ1n) is 12.4. The number of aliphatic hydroxyl groups is 1. The van der Waals surface area contributed by atoms with Gasteiger partial charge in [0, 0.05) is 36.8 Å². The largest absolute Gasteiger partial charge is 0.507 e. The summed E-state index contributed by atoms with van der Waals surface area (Å²) in [7, 11) is 1.61. The maximum absolute atomic E-state index is 13.3. The number of halogens is 1. The number of morpholine rings is 1. The number of ether oxygens (including phenoxy) is 2. The topological polar surface area (TPSA) is 79.3 Å². The molecule has 0 bridgehead atoms. The van der Waals surface area contributed by atoms with Crippen molar-refractivity contribution >= 4 is 39.8 Å². The lowest BCUT2D eigenvalue weighted by atomic mass is 9.94. The van der Waals surface area contributed by atoms with Crippen molar-refractivity contribution in [3.8, 4) is 5.75 Å². The Labute approximate surface area is 220 Å². The SMILES string of the molecule is COc1ccc2cc(/C(O)=C3\C(=O)C(=O)N(CCCN4CCOCC4)C3c3cccc(Cl)c3)ccc2c1. The Hall–Kier alpha value is -3.39. The van der Waals surface area contributed by atoms with Gasteiger partial charge in [-0.25, -0.2) is 0 Å². The van der Waals surface area contributed by atoms with Crippen LogP contribution in [0.3, 0.4) is 0 Å². The average molecular weight is 521 g/mol. The van der Waals surface area contributed by atoms with Gasteiger partial charge in [-0.15, -0.1) is 0 Å². The van der Waals surface area contributed by atoms with E-state index in [0.29, 0.717) is 42.3 Å². The number of hydrogen-bond acceptors (Lipinski definition) is 6. The van der Waals surface area contributed by atoms with E-state index in [-0.39, 0.29) is 11.3 Å². The number of ketones is 1. The van der Waals surface area contributed by atoms with E-state index < -0.39 is 17.7 Å². The highest BCUT2D eigenvalue weighted by molar-refractivity contribution is 6.46. The van der Waals surface area contributed by atoms with Gasteiger partial charge in [-0.2, -0.15) is 0 Å². The zero-order valence-electron chi connectivity index (χ0n) is 20.7. The smallest absolute Gasteiger partial charge is 0.295 e. The number of hydrogen-bond donors (Lipinski definition) is 1. The van der Waals surface area contributed by atoms with Crippen LogP contribution in [-0.4, -0.2) is 73.1 Å². The molecule has 8 heteroatoms. The number of fused-ring (bicyclic) bond motifs is 1. The molecule has 1 amide bonds. The van der Waals surface area contributed by atoms with Crippen molar-refractivity contribution in [2.75, 3.05) is 46.5 Å². The molecule has 0 radical (unpaired) electrons. The van der Waals surface area contributed by atoms with Gasteiger partial charge in [-0.05, 0) is 53.1 Å². The van der Waals surface area contributed by atoms with Crippen LogP contribution in [0.25, 0.3) is 16.5 Å². The van der Waals surface area contributed by atoms with Crippen LogP contribution >= 0.6 is 11.6 Å². The van der Waals surface area contributed by atoms with Crippen molar-refractivity contribution in [1.29, 1.82) is 0 Å². The Morgan fingerprint density at radius 1 is 1.03 bits per heavy atom. The number of amides is 1. The zero-order chi connectivity index (χ0) is 25.9. The van der Waals surface area contributed by atoms with Crippen LogP contribution in [0.15, 0.2) is 66.2 Å². The third kappa shape index (κ3) is 5.21. The second-order valence-corrected chi connectivity index (χ2v) is 9.72. The maximum Gasteiger partial charge on any atom is 0.295 e. The van der Waals surface area contributed by atoms with Gasteiger partial charge in [0.1, 0.15) is 11.5 Å². The van der Waals surface area contributed by atoms with Gasteiger partial charge in [0.25, 0.3) is 11.7 Å². The predicted octanol–water partition coefficient (Wildman–Crippen LogP) is 4.65. The predicted molar refractivity (Wildman–Crippen MR) is 143 cm³/mol. The normalized spacial score (nSPS) is 20.1. The van der Waals surface area contributed by atoms with Gasteiger partial charge >= 0.3 is 0 Å². The highest BCUT2D eigenvalue weighted by atomic mass is 35.5. The fourth-order valence-corrected chi connectivity index (χ4v) is 5.28. The molecule has 1 N–H and O–H groups in total. The van der Waals surface area contributed by atoms with Crippen molar-refractivity contribution in [3.63, 3.8) is 0 Å². The van der Waals surface area contributed by atoms with Crippen LogP contribution in [0, 0.1) is 0 Å². The number of methoxy groups -OCH3 is 1. The number of aliphatic hydroxyl groups excluding tert-OH is 1. The Bertz CT molecular complexity index is 1370. The number of Topliss-reactive ketones (excluding diaryl/α,β-unsaturated/α-hetero) is 1. The molecule has 7 nitrogen and oxygen atoms in total. The first-order valence-corrected chi connectivity index (χ1v) is 12.8. The molecule has 2 fully saturated rings. The first-order chi connectivity index (χ1) is 18.0. The molecule has 0 aromatic heterocycles. The Kier molecular flexibility index (Phi) is 7.46. The van der Waals surface area contributed by atoms with Gasteiger partial charge in [0.05, 0.1) is 31.9 Å². The Balaban J connectivity index is 1.51. The fourth-order valence-electron chi connectivity index (χ4n) is 5.08. The maximum atomic E-state index is 13.3. The fraction of sp³-hybridized carbons (Fsp3) is 0.310. The van der Waals surface area contributed by atoms with Crippen LogP contribution in [0.4, 0.5) is 0 Å². The summed E-state index contributed by atoms with van der Waals surface area (Å²) in [6, 6.07) is 17.4. The highest BCUT2D eigenvalue weighted by Gasteiger charge is 2.45. The van der Waals surface area contributed by atoms with Crippen LogP contribution in [0.1, 0.15) is 23.6 Å². The molecular weight excluding hydrogens is 492 g/mol. The number of carbonyl (C=O) groups excluding carboxylic acids is 2. The third-order valence-corrected chi connectivity index (χ3v) is 7.24. The number of rotatable bonds is 7. The molecule has 3 aromatic rings. The molecule has 37 heavy (non-hydrogen) atoms. The third-order valence-electron chi connectivity index (χ3n) is 7.00. The van der Waals surface area contributed by atoms with E-state index in [1.807, 2.05) is 36.4 Å². The average Bonchev–Trinajstić information content (AvgIpc) is 3.17. The lowest BCUT2D eigenvalue weighted by Gasteiger charge is -2.29. The summed E-state index contributed by atoms with van der Waals surface area (Å²) in [6.45, 7) is 4.28. The monoisotopic (exact) mass is 520 g/mol. The van der Waals surface area contributed by atoms with Crippen molar-refractivity contribution in [3.05, 3.63) is 82.4 Å². The van der Waals surface area contributed by atoms with Crippen LogP contribution in [-0.2, 0) is 14.3 Å². The van der Waals surface area contributed by atoms with Gasteiger partial charge < -0.3 is 19.5 Å². The zero-order valence-corrected chi connectivity index (χ0v) is 21.4. The molecule has 0 saturated carbocycles. The van der Waals surface area contributed by atoms with Crippen LogP contribution < -0.4 is 4.74 Å². The number of nitrogens with zero attached hydrogens (tertiary/aromatic N) is 2. The molecule has 5 rings (SSSR count). The summed E-state index contributed by atoms with van der Waals surface area (Å²) in [5.41, 5.74) is 1.23. The standard InChI is InChI=1S/C29H29ClN2O5/c1-36-24-9-8-19-16-22(7-6-20(19)18-24)27(33)25-26(21-4-2-5-23(30)17-21)32(29(35)28(25)34)11-3-10-31-12-14-37-15-13-31/h2,4-9,16-18,26,33H,3,10-15H2,1H3/b27-25+. The molecule has 1 atom stereocenters. The van der Waals surface area contributed by atoms with Crippen LogP contribution in [0.2, 0.25) is 5.02 Å². The summed E-state index contributed by atoms with van der Waals surface area (Å²) < 4.78 is 10.7. The van der Waals surface area contributed by atoms with E-state index in [2.05, 4.69) is 4.90 Å². The molecule has 0 aliphatic carbocycles. The minimum Gasteiger partial charge on any atom is -0.507 e. The Morgan fingerprint density at radius 3 is 2.54 bits per heavy atom. The van der Waals surface area contributed by atoms with Crippen molar-refractivity contribution in [2.45, 2.75) is 12.5 Å². The van der Waals surface area contributed by atoms with Crippen LogP contribution in [0.5, 0.6) is 5.75 Å². The van der Waals surface area contributed by atoms with E-state index in [0.717, 1.165) is 36.2 Å². The molecule has 2 aliphatic rings. The van der Waals surface area contributed by atoms with E-state index in [1.54, 1.807) is 36.3 Å². The summed E-state index contributed by atoms with van der Waals surface area (Å²) in [6.07, 6.45) is 0.696. The van der Waals surface area contributed by atoms with Crippen molar-refractivity contribution < 1.29 is 24.2 Å². The van der Waals surface area contributed by atoms with E-state index in [1.165, 1.54) is 0 Å². The summed E-state index contributed by atoms with van der Waals surface area (Å²) in [5, 5.41) is 13.7. The Morgan fingerprint density at radius 2 is 1.78 bits per heavy atom. The number of carbonyl (C=O) groups is 2. The van der Waals surface area contributed by atoms with Gasteiger partial charge in [-0.3, -0.25) is 14.5 Å². The minimum absolute atomic E-state index is 0.0755. The summed E-state index contributed by atoms with van der Waals surface area (Å²) in [4.78, 5) is 30.4. The minimum atomic E-state index is -0.727. The summed E-state index contributed by atoms with van der Waals surface area (Å²) >= 11 is 6.29. The lowest BCUT2D eigenvalue weighted by Crippen LogP contribution is -2.38. The molecule has 1 unspecified atom stereocenters. The van der Waals surface area contributed by atoms with E-state index in [4.69, 9.17) is 21.1 Å². The van der Waals surface area contributed by atoms with Crippen molar-refractivity contribution in [2.24, 2.45) is 0 Å². The second-order valence-electron chi connectivity index (χ2n) is 9.28. The quantitative estimate of drug-likeness (QED) is 0.278. The van der Waals surface area contributed by atoms with Gasteiger partial charge in [-0.1, -0.05) is 41.9 Å². The number of likely N-dealkylation sites (tertiary alicyclic amines) is 1. The lowest BCUT2D eigenvalue weighted by molar-refractivity contribution is -0.140. The van der Waals surface area contributed by atoms with Gasteiger partial charge in [0.2, 0.25) is 0 Å². The molecule has 2 saturated heterocycles. The second kappa shape index (κ2) is 10.9. The molecular formula is C29H29ClN2O5. The summed E-state index contributed by atoms with van der Waals surface area (Å²) in [5.74, 6) is -0.771. The van der Waals surface area contributed by atoms with E-state index >= 15 is 0 Å². The molecule has 3 aromatic carbocycles. The number of benzene rings is 3. The van der Waals surface area contributed by atoms with Gasteiger partial charge in [0.15, 0.2) is 0 Å². The molecule has 2 heterocycles. The molecule has 0 spiro atoms. The first kappa shape index (κ1) is 25.3. The molecule has 192 valence electrons. The highest BCUT2D eigenvalue weighted by Crippen LogP contribution is 2.40. The molecule has 2 aliphatic heterocycles. The van der Waals surface area contributed by atoms with E-state index in [9.17, 15) is 14.7 Å². The van der Waals surface area contributed by atoms with Crippen molar-refractivity contribution in [1.82, 2.24) is 9.80 Å².